The molecule has 0 amide bonds. The Morgan fingerprint density at radius 1 is 1.33 bits per heavy atom. The molecule has 0 unspecified atom stereocenters. The van der Waals surface area contributed by atoms with Gasteiger partial charge in [0.1, 0.15) is 0 Å². The molecule has 2 heteroatoms. The van der Waals surface area contributed by atoms with Gasteiger partial charge in [-0.3, -0.25) is 0 Å². The maximum absolute atomic E-state index is 3.44. The number of benzene rings is 1. The van der Waals surface area contributed by atoms with Crippen LogP contribution in [0.25, 0.3) is 10.9 Å². The number of hydrogen-bond donors (Lipinski definition) is 1. The van der Waals surface area contributed by atoms with Crippen LogP contribution in [0.3, 0.4) is 0 Å². The minimum atomic E-state index is 1.06. The maximum atomic E-state index is 3.44. The van der Waals surface area contributed by atoms with Crippen LogP contribution < -0.4 is 0 Å². The summed E-state index contributed by atoms with van der Waals surface area (Å²) in [7, 11) is 0. The lowest BCUT2D eigenvalue weighted by atomic mass is 10.2. The number of aromatic amines is 1. The fraction of sp³-hybridized carbons (Fsp3) is 0.200. The highest BCUT2D eigenvalue weighted by atomic mass is 79.9. The second-order valence-electron chi connectivity index (χ2n) is 2.88. The van der Waals surface area contributed by atoms with E-state index in [0.29, 0.717) is 0 Å². The topological polar surface area (TPSA) is 15.8 Å². The van der Waals surface area contributed by atoms with Crippen LogP contribution in [0.2, 0.25) is 0 Å². The van der Waals surface area contributed by atoms with Gasteiger partial charge in [-0.2, -0.15) is 0 Å². The van der Waals surface area contributed by atoms with E-state index in [1.165, 1.54) is 16.6 Å². The van der Waals surface area contributed by atoms with Gasteiger partial charge in [0.05, 0.1) is 0 Å². The van der Waals surface area contributed by atoms with Gasteiger partial charge in [0.25, 0.3) is 0 Å². The number of nitrogens with one attached hydrogen (secondary N) is 1. The first-order chi connectivity index (χ1) is 5.79. The predicted octanol–water partition coefficient (Wildman–Crippen LogP) is 3.49. The van der Waals surface area contributed by atoms with E-state index in [1.54, 1.807) is 0 Å². The fourth-order valence-corrected chi connectivity index (χ4v) is 1.71. The quantitative estimate of drug-likeness (QED) is 0.763. The molecule has 0 atom stereocenters. The van der Waals surface area contributed by atoms with Crippen LogP contribution >= 0.6 is 15.9 Å². The number of aromatic nitrogens is 1. The Hall–Kier alpha value is -0.760. The van der Waals surface area contributed by atoms with E-state index in [9.17, 15) is 0 Å². The smallest absolute Gasteiger partial charge is 0.0467 e. The fourth-order valence-electron chi connectivity index (χ4n) is 1.35. The average molecular weight is 224 g/mol. The van der Waals surface area contributed by atoms with Crippen molar-refractivity contribution in [1.82, 2.24) is 4.98 Å². The molecule has 62 valence electrons. The second-order valence-corrected chi connectivity index (χ2v) is 3.80. The average Bonchev–Trinajstić information content (AvgIpc) is 2.46. The Balaban J connectivity index is 2.67. The van der Waals surface area contributed by atoms with Crippen molar-refractivity contribution in [3.05, 3.63) is 34.4 Å². The van der Waals surface area contributed by atoms with Crippen molar-refractivity contribution in [2.75, 3.05) is 0 Å². The molecule has 1 nitrogen and oxygen atoms in total. The third-order valence-electron chi connectivity index (χ3n) is 2.02. The molecular formula is C10H10BrN. The molecule has 0 fully saturated rings. The maximum Gasteiger partial charge on any atom is 0.0467 e. The van der Waals surface area contributed by atoms with Gasteiger partial charge in [-0.05, 0) is 30.0 Å². The summed E-state index contributed by atoms with van der Waals surface area (Å²) in [6.07, 6.45) is 1.06. The zero-order valence-electron chi connectivity index (χ0n) is 6.89. The first kappa shape index (κ1) is 7.87. The Morgan fingerprint density at radius 2 is 2.17 bits per heavy atom. The van der Waals surface area contributed by atoms with Crippen molar-refractivity contribution in [1.29, 1.82) is 0 Å². The van der Waals surface area contributed by atoms with E-state index in [2.05, 4.69) is 52.1 Å². The van der Waals surface area contributed by atoms with E-state index < -0.39 is 0 Å². The molecule has 0 saturated heterocycles. The van der Waals surface area contributed by atoms with E-state index in [-0.39, 0.29) is 0 Å². The van der Waals surface area contributed by atoms with Gasteiger partial charge in [0.2, 0.25) is 0 Å². The molecule has 1 N–H and O–H groups in total. The molecule has 0 saturated carbocycles. The second kappa shape index (κ2) is 2.94. The summed E-state index contributed by atoms with van der Waals surface area (Å²) in [6.45, 7) is 2.15. The number of hydrogen-bond acceptors (Lipinski definition) is 0. The van der Waals surface area contributed by atoms with E-state index >= 15 is 0 Å². The highest BCUT2D eigenvalue weighted by molar-refractivity contribution is 9.10. The van der Waals surface area contributed by atoms with Gasteiger partial charge in [-0.15, -0.1) is 0 Å². The first-order valence-electron chi connectivity index (χ1n) is 4.07. The number of fused-ring (bicyclic) bond motifs is 1. The summed E-state index contributed by atoms with van der Waals surface area (Å²) in [5.74, 6) is 0. The first-order valence-corrected chi connectivity index (χ1v) is 4.86. The van der Waals surface area contributed by atoms with Crippen LogP contribution in [0, 0.1) is 0 Å². The summed E-state index contributed by atoms with van der Waals surface area (Å²) in [5, 5.41) is 1.29. The molecule has 0 aliphatic heterocycles. The SMILES string of the molecule is CCc1cc2ccc(Br)cc2[nH]1. The molecule has 2 aromatic rings. The number of halogens is 1. The molecule has 12 heavy (non-hydrogen) atoms. The highest BCUT2D eigenvalue weighted by Gasteiger charge is 1.98. The van der Waals surface area contributed by atoms with E-state index in [1.807, 2.05) is 0 Å². The van der Waals surface area contributed by atoms with Crippen molar-refractivity contribution in [2.24, 2.45) is 0 Å². The lowest BCUT2D eigenvalue weighted by Crippen LogP contribution is -1.75. The van der Waals surface area contributed by atoms with E-state index in [0.717, 1.165) is 10.9 Å². The highest BCUT2D eigenvalue weighted by Crippen LogP contribution is 2.20. The number of H-pyrrole nitrogens is 1. The van der Waals surface area contributed by atoms with Gasteiger partial charge >= 0.3 is 0 Å². The summed E-state index contributed by atoms with van der Waals surface area (Å²) >= 11 is 3.44. The predicted molar refractivity (Wildman–Crippen MR) is 55.4 cm³/mol. The van der Waals surface area contributed by atoms with Crippen molar-refractivity contribution in [3.8, 4) is 0 Å². The van der Waals surface area contributed by atoms with Crippen LogP contribution in [0.5, 0.6) is 0 Å². The Kier molecular flexibility index (Phi) is 1.93. The van der Waals surface area contributed by atoms with Crippen molar-refractivity contribution >= 4 is 26.8 Å². The summed E-state index contributed by atoms with van der Waals surface area (Å²) in [5.41, 5.74) is 2.50. The molecule has 1 aromatic carbocycles. The van der Waals surface area contributed by atoms with E-state index in [4.69, 9.17) is 0 Å². The van der Waals surface area contributed by atoms with Crippen LogP contribution in [0.1, 0.15) is 12.6 Å². The summed E-state index contributed by atoms with van der Waals surface area (Å²) in [6, 6.07) is 8.49. The molecule has 0 aliphatic rings. The molecule has 0 spiro atoms. The summed E-state index contributed by atoms with van der Waals surface area (Å²) in [4.78, 5) is 3.36. The lowest BCUT2D eigenvalue weighted by molar-refractivity contribution is 1.07. The molecule has 0 radical (unpaired) electrons. The third-order valence-corrected chi connectivity index (χ3v) is 2.51. The van der Waals surface area contributed by atoms with Gasteiger partial charge in [0.15, 0.2) is 0 Å². The number of rotatable bonds is 1. The van der Waals surface area contributed by atoms with Gasteiger partial charge < -0.3 is 4.98 Å². The normalized spacial score (nSPS) is 10.8. The monoisotopic (exact) mass is 223 g/mol. The molecule has 1 aromatic heterocycles. The lowest BCUT2D eigenvalue weighted by Gasteiger charge is -1.89. The zero-order chi connectivity index (χ0) is 8.55. The Morgan fingerprint density at radius 3 is 2.92 bits per heavy atom. The van der Waals surface area contributed by atoms with Crippen molar-refractivity contribution < 1.29 is 0 Å². The van der Waals surface area contributed by atoms with Crippen LogP contribution in [0.4, 0.5) is 0 Å². The third kappa shape index (κ3) is 1.27. The van der Waals surface area contributed by atoms with Crippen LogP contribution in [-0.4, -0.2) is 4.98 Å². The largest absolute Gasteiger partial charge is 0.358 e. The molecule has 1 heterocycles. The molecular weight excluding hydrogens is 214 g/mol. The minimum absolute atomic E-state index is 1.06. The van der Waals surface area contributed by atoms with Gasteiger partial charge in [-0.25, -0.2) is 0 Å². The molecule has 0 aliphatic carbocycles. The standard InChI is InChI=1S/C10H10BrN/c1-2-9-5-7-3-4-8(11)6-10(7)12-9/h3-6,12H,2H2,1H3. The van der Waals surface area contributed by atoms with Gasteiger partial charge in [0, 0.05) is 15.7 Å². The van der Waals surface area contributed by atoms with Crippen LogP contribution in [-0.2, 0) is 6.42 Å². The minimum Gasteiger partial charge on any atom is -0.358 e. The van der Waals surface area contributed by atoms with Gasteiger partial charge in [-0.1, -0.05) is 28.9 Å². The Labute approximate surface area is 79.9 Å². The van der Waals surface area contributed by atoms with Crippen molar-refractivity contribution in [3.63, 3.8) is 0 Å². The van der Waals surface area contributed by atoms with Crippen molar-refractivity contribution in [2.45, 2.75) is 13.3 Å². The Bertz CT molecular complexity index is 403. The molecule has 0 bridgehead atoms. The zero-order valence-corrected chi connectivity index (χ0v) is 8.48. The van der Waals surface area contributed by atoms with Crippen LogP contribution in [0.15, 0.2) is 28.7 Å². The number of aryl methyl sites for hydroxylation is 1. The summed E-state index contributed by atoms with van der Waals surface area (Å²) < 4.78 is 1.12. The molecule has 2 rings (SSSR count).